The molecule has 0 atom stereocenters. The zero-order chi connectivity index (χ0) is 24.3. The number of nitrogens with zero attached hydrogens (tertiary/aromatic N) is 5. The van der Waals surface area contributed by atoms with Crippen LogP contribution in [0.25, 0.3) is 27.8 Å². The first-order valence-electron chi connectivity index (χ1n) is 11.2. The first-order valence-corrected chi connectivity index (χ1v) is 11.2. The van der Waals surface area contributed by atoms with Crippen molar-refractivity contribution in [3.05, 3.63) is 116 Å². The van der Waals surface area contributed by atoms with E-state index >= 15 is 0 Å². The zero-order valence-corrected chi connectivity index (χ0v) is 18.9. The van der Waals surface area contributed by atoms with Gasteiger partial charge in [-0.05, 0) is 60.7 Å². The molecule has 36 heavy (non-hydrogen) atoms. The summed E-state index contributed by atoms with van der Waals surface area (Å²) in [6.45, 7) is 0. The van der Waals surface area contributed by atoms with Crippen LogP contribution in [-0.2, 0) is 0 Å². The number of rotatable bonds is 6. The highest BCUT2D eigenvalue weighted by molar-refractivity contribution is 5.93. The van der Waals surface area contributed by atoms with Gasteiger partial charge in [-0.25, -0.2) is 9.07 Å². The molecule has 0 aliphatic heterocycles. The number of aromatic nitrogens is 5. The number of pyridine rings is 2. The average molecular weight is 474 g/mol. The number of nitrogens with one attached hydrogen (secondary N) is 1. The maximum atomic E-state index is 13.8. The van der Waals surface area contributed by atoms with Crippen molar-refractivity contribution in [2.45, 2.75) is 0 Å². The molecule has 0 bridgehead atoms. The summed E-state index contributed by atoms with van der Waals surface area (Å²) >= 11 is 0. The smallest absolute Gasteiger partial charge is 0.130 e. The van der Waals surface area contributed by atoms with E-state index in [-0.39, 0.29) is 5.82 Å². The molecule has 0 aliphatic carbocycles. The second-order valence-corrected chi connectivity index (χ2v) is 8.06. The van der Waals surface area contributed by atoms with Crippen molar-refractivity contribution in [3.63, 3.8) is 0 Å². The summed E-state index contributed by atoms with van der Waals surface area (Å²) in [7, 11) is 0. The van der Waals surface area contributed by atoms with Gasteiger partial charge in [-0.3, -0.25) is 9.97 Å². The molecule has 6 rings (SSSR count). The Kier molecular flexibility index (Phi) is 5.51. The zero-order valence-electron chi connectivity index (χ0n) is 18.9. The van der Waals surface area contributed by atoms with E-state index in [2.05, 4.69) is 25.6 Å². The van der Waals surface area contributed by atoms with Crippen molar-refractivity contribution in [2.75, 3.05) is 5.32 Å². The minimum atomic E-state index is -0.306. The van der Waals surface area contributed by atoms with Crippen molar-refractivity contribution in [1.82, 2.24) is 25.0 Å². The third-order valence-electron chi connectivity index (χ3n) is 5.60. The van der Waals surface area contributed by atoms with Gasteiger partial charge < -0.3 is 10.1 Å². The number of fused-ring (bicyclic) bond motifs is 1. The van der Waals surface area contributed by atoms with Gasteiger partial charge >= 0.3 is 0 Å². The third-order valence-corrected chi connectivity index (χ3v) is 5.60. The lowest BCUT2D eigenvalue weighted by Crippen LogP contribution is -1.95. The Labute approximate surface area is 205 Å². The van der Waals surface area contributed by atoms with Crippen LogP contribution in [0, 0.1) is 5.82 Å². The maximum Gasteiger partial charge on any atom is 0.130 e. The highest BCUT2D eigenvalue weighted by Crippen LogP contribution is 2.29. The fraction of sp³-hybridized carbons (Fsp3) is 0. The van der Waals surface area contributed by atoms with Crippen molar-refractivity contribution in [3.8, 4) is 28.4 Å². The summed E-state index contributed by atoms with van der Waals surface area (Å²) in [5.74, 6) is 1.08. The first kappa shape index (κ1) is 21.4. The van der Waals surface area contributed by atoms with Crippen molar-refractivity contribution in [2.24, 2.45) is 0 Å². The van der Waals surface area contributed by atoms with E-state index in [1.165, 1.54) is 12.1 Å². The fourth-order valence-corrected chi connectivity index (χ4v) is 3.89. The highest BCUT2D eigenvalue weighted by Gasteiger charge is 2.09. The molecule has 0 unspecified atom stereocenters. The van der Waals surface area contributed by atoms with Crippen molar-refractivity contribution in [1.29, 1.82) is 0 Å². The Morgan fingerprint density at radius 2 is 1.69 bits per heavy atom. The van der Waals surface area contributed by atoms with Crippen molar-refractivity contribution < 1.29 is 9.13 Å². The summed E-state index contributed by atoms with van der Waals surface area (Å²) in [5, 5.41) is 12.8. The first-order chi connectivity index (χ1) is 17.7. The molecule has 3 aromatic heterocycles. The molecule has 0 amide bonds. The van der Waals surface area contributed by atoms with Crippen LogP contribution >= 0.6 is 0 Å². The Morgan fingerprint density at radius 3 is 2.61 bits per heavy atom. The number of halogens is 1. The normalized spacial score (nSPS) is 10.9. The minimum absolute atomic E-state index is 0.306. The number of ether oxygens (including phenoxy) is 1. The van der Waals surface area contributed by atoms with Crippen LogP contribution in [-0.4, -0.2) is 25.0 Å². The van der Waals surface area contributed by atoms with E-state index in [9.17, 15) is 4.39 Å². The molecule has 0 radical (unpaired) electrons. The molecule has 7 nitrogen and oxygen atoms in total. The van der Waals surface area contributed by atoms with Gasteiger partial charge in [0.2, 0.25) is 0 Å². The summed E-state index contributed by atoms with van der Waals surface area (Å²) in [6.07, 6.45) is 6.93. The van der Waals surface area contributed by atoms with E-state index in [1.54, 1.807) is 41.5 Å². The second-order valence-electron chi connectivity index (χ2n) is 8.06. The van der Waals surface area contributed by atoms with Gasteiger partial charge in [0.15, 0.2) is 0 Å². The van der Waals surface area contributed by atoms with Gasteiger partial charge in [0.1, 0.15) is 23.0 Å². The number of hydrogen-bond acceptors (Lipinski definition) is 6. The van der Waals surface area contributed by atoms with Gasteiger partial charge in [-0.2, -0.15) is 0 Å². The third kappa shape index (κ3) is 4.47. The molecule has 0 saturated carbocycles. The Morgan fingerprint density at radius 1 is 0.806 bits per heavy atom. The average Bonchev–Trinajstić information content (AvgIpc) is 3.41. The number of hydrogen-bond donors (Lipinski definition) is 1. The van der Waals surface area contributed by atoms with E-state index in [0.717, 1.165) is 28.1 Å². The Balaban J connectivity index is 1.25. The molecular formula is C28H19FN6O. The molecule has 0 aliphatic rings. The Hall–Kier alpha value is -5.11. The molecule has 174 valence electrons. The quantitative estimate of drug-likeness (QED) is 0.295. The van der Waals surface area contributed by atoms with Crippen molar-refractivity contribution >= 4 is 22.3 Å². The van der Waals surface area contributed by atoms with Crippen LogP contribution in [0.2, 0.25) is 0 Å². The second kappa shape index (κ2) is 9.27. The molecule has 3 heterocycles. The lowest BCUT2D eigenvalue weighted by Gasteiger charge is -2.10. The topological polar surface area (TPSA) is 77.8 Å². The maximum absolute atomic E-state index is 13.8. The minimum Gasteiger partial charge on any atom is -0.457 e. The molecule has 0 saturated heterocycles. The van der Waals surface area contributed by atoms with Gasteiger partial charge in [0.05, 0.1) is 17.4 Å². The van der Waals surface area contributed by atoms with E-state index in [1.807, 2.05) is 60.8 Å². The van der Waals surface area contributed by atoms with Crippen LogP contribution in [0.4, 0.5) is 15.8 Å². The predicted octanol–water partition coefficient (Wildman–Crippen LogP) is 6.55. The van der Waals surface area contributed by atoms with E-state index in [0.29, 0.717) is 22.6 Å². The van der Waals surface area contributed by atoms with Crippen LogP contribution in [0.15, 0.2) is 110 Å². The molecule has 6 aromatic rings. The standard InChI is InChI=1S/C28H19FN6O/c29-20-7-8-26-25(16-20)27(11-14-31-26)32-21-4-1-3-19(15-21)28-18-35(34-33-28)22-5-2-6-24(17-22)36-23-9-12-30-13-10-23/h1-18H,(H,31,32). The SMILES string of the molecule is Fc1ccc2nccc(Nc3cccc(-c4cn(-c5cccc(Oc6ccncc6)c5)nn4)c3)c2c1. The summed E-state index contributed by atoms with van der Waals surface area (Å²) in [4.78, 5) is 8.32. The summed E-state index contributed by atoms with van der Waals surface area (Å²) < 4.78 is 21.4. The summed E-state index contributed by atoms with van der Waals surface area (Å²) in [6, 6.07) is 25.4. The lowest BCUT2D eigenvalue weighted by atomic mass is 10.1. The largest absolute Gasteiger partial charge is 0.457 e. The predicted molar refractivity (Wildman–Crippen MR) is 136 cm³/mol. The highest BCUT2D eigenvalue weighted by atomic mass is 19.1. The van der Waals surface area contributed by atoms with Crippen LogP contribution in [0.5, 0.6) is 11.5 Å². The van der Waals surface area contributed by atoms with Gasteiger partial charge in [-0.15, -0.1) is 5.10 Å². The molecule has 8 heteroatoms. The molecule has 3 aromatic carbocycles. The fourth-order valence-electron chi connectivity index (χ4n) is 3.89. The number of benzene rings is 3. The molecule has 0 spiro atoms. The Bertz CT molecular complexity index is 1670. The molecule has 0 fully saturated rings. The van der Waals surface area contributed by atoms with Crippen LogP contribution < -0.4 is 10.1 Å². The van der Waals surface area contributed by atoms with Crippen LogP contribution in [0.3, 0.4) is 0 Å². The van der Waals surface area contributed by atoms with Gasteiger partial charge in [-0.1, -0.05) is 23.4 Å². The van der Waals surface area contributed by atoms with Gasteiger partial charge in [0.25, 0.3) is 0 Å². The molecule has 1 N–H and O–H groups in total. The van der Waals surface area contributed by atoms with Crippen LogP contribution in [0.1, 0.15) is 0 Å². The van der Waals surface area contributed by atoms with Gasteiger partial charge in [0, 0.05) is 47.0 Å². The lowest BCUT2D eigenvalue weighted by molar-refractivity contribution is 0.481. The van der Waals surface area contributed by atoms with E-state index in [4.69, 9.17) is 4.74 Å². The van der Waals surface area contributed by atoms with E-state index < -0.39 is 0 Å². The number of anilines is 2. The molecular weight excluding hydrogens is 455 g/mol. The summed E-state index contributed by atoms with van der Waals surface area (Å²) in [5.41, 5.74) is 4.75. The monoisotopic (exact) mass is 474 g/mol.